The smallest absolute Gasteiger partial charge is 0.367 e. The summed E-state index contributed by atoms with van der Waals surface area (Å²) in [6.45, 7) is 7.69. The average molecular weight is 394 g/mol. The fraction of sp³-hybridized carbons (Fsp3) is 0.500. The molecule has 0 radical (unpaired) electrons. The molecule has 8 heteroatoms. The van der Waals surface area contributed by atoms with Gasteiger partial charge in [0.15, 0.2) is 11.7 Å². The molecule has 2 N–H and O–H groups in total. The van der Waals surface area contributed by atoms with Crippen LogP contribution in [0.15, 0.2) is 30.3 Å². The molecule has 152 valence electrons. The van der Waals surface area contributed by atoms with Crippen LogP contribution in [0.2, 0.25) is 0 Å². The van der Waals surface area contributed by atoms with Crippen molar-refractivity contribution in [3.05, 3.63) is 41.6 Å². The number of hydrogen-bond donors (Lipinski definition) is 2. The van der Waals surface area contributed by atoms with Crippen LogP contribution in [-0.4, -0.2) is 27.9 Å². The Labute approximate surface area is 162 Å². The zero-order valence-corrected chi connectivity index (χ0v) is 16.4. The molecule has 1 amide bonds. The summed E-state index contributed by atoms with van der Waals surface area (Å²) < 4.78 is 41.7. The maximum Gasteiger partial charge on any atom is 0.410 e. The number of hydrogen-bond acceptors (Lipinski definition) is 3. The van der Waals surface area contributed by atoms with Gasteiger partial charge in [-0.1, -0.05) is 39.8 Å². The van der Waals surface area contributed by atoms with E-state index in [2.05, 4.69) is 15.7 Å². The highest BCUT2D eigenvalue weighted by molar-refractivity contribution is 6.03. The fourth-order valence-corrected chi connectivity index (χ4v) is 3.27. The number of nitrogens with zero attached hydrogens (tertiary/aromatic N) is 2. The summed E-state index contributed by atoms with van der Waals surface area (Å²) in [5.41, 5.74) is 1.27. The Bertz CT molecular complexity index is 850. The van der Waals surface area contributed by atoms with Crippen LogP contribution in [0.1, 0.15) is 56.2 Å². The van der Waals surface area contributed by atoms with Crippen LogP contribution in [0.4, 0.5) is 24.7 Å². The van der Waals surface area contributed by atoms with Gasteiger partial charge in [0.2, 0.25) is 0 Å². The monoisotopic (exact) mass is 394 g/mol. The molecule has 5 nitrogen and oxygen atoms in total. The highest BCUT2D eigenvalue weighted by atomic mass is 19.4. The molecule has 0 aliphatic carbocycles. The second-order valence-electron chi connectivity index (χ2n) is 8.22. The molecular weight excluding hydrogens is 369 g/mol. The largest absolute Gasteiger partial charge is 0.410 e. The van der Waals surface area contributed by atoms with E-state index >= 15 is 0 Å². The molecule has 28 heavy (non-hydrogen) atoms. The van der Waals surface area contributed by atoms with Gasteiger partial charge in [0.05, 0.1) is 0 Å². The first-order chi connectivity index (χ1) is 13.0. The molecule has 1 aromatic carbocycles. The number of nitrogens with one attached hydrogen (secondary N) is 2. The Morgan fingerprint density at radius 2 is 1.89 bits per heavy atom. The Kier molecular flexibility index (Phi) is 5.16. The lowest BCUT2D eigenvalue weighted by Gasteiger charge is -2.39. The van der Waals surface area contributed by atoms with Crippen molar-refractivity contribution in [3.63, 3.8) is 0 Å². The van der Waals surface area contributed by atoms with Crippen LogP contribution >= 0.6 is 0 Å². The standard InChI is InChI=1S/C20H25F3N4O/c1-5-12-6-8-13(9-7-12)24-18(28)14-10-17-25-15(19(2,3)4)11-16(20(21,22)23)27(17)26-14/h6-10,15-16,25H,5,11H2,1-4H3,(H,24,28)/t15-,16+/m1/s1. The summed E-state index contributed by atoms with van der Waals surface area (Å²) in [7, 11) is 0. The van der Waals surface area contributed by atoms with Gasteiger partial charge in [-0.05, 0) is 36.0 Å². The molecule has 1 aliphatic rings. The minimum Gasteiger partial charge on any atom is -0.367 e. The summed E-state index contributed by atoms with van der Waals surface area (Å²) in [4.78, 5) is 12.5. The van der Waals surface area contributed by atoms with Gasteiger partial charge in [-0.25, -0.2) is 4.68 Å². The Morgan fingerprint density at radius 3 is 2.43 bits per heavy atom. The maximum absolute atomic E-state index is 13.6. The second kappa shape index (κ2) is 7.14. The SMILES string of the molecule is CCc1ccc(NC(=O)c2cc3n(n2)[C@H](C(F)(F)F)C[C@H](C(C)(C)C)N3)cc1. The Hall–Kier alpha value is -2.51. The van der Waals surface area contributed by atoms with Gasteiger partial charge in [0, 0.05) is 17.8 Å². The van der Waals surface area contributed by atoms with Gasteiger partial charge >= 0.3 is 6.18 Å². The lowest BCUT2D eigenvalue weighted by atomic mass is 9.82. The summed E-state index contributed by atoms with van der Waals surface area (Å²) in [6, 6.07) is 6.54. The molecule has 0 bridgehead atoms. The van der Waals surface area contributed by atoms with E-state index in [-0.39, 0.29) is 29.4 Å². The number of fused-ring (bicyclic) bond motifs is 1. The fourth-order valence-electron chi connectivity index (χ4n) is 3.27. The van der Waals surface area contributed by atoms with Crippen molar-refractivity contribution in [3.8, 4) is 0 Å². The lowest BCUT2D eigenvalue weighted by molar-refractivity contribution is -0.175. The molecule has 0 fully saturated rings. The van der Waals surface area contributed by atoms with E-state index in [4.69, 9.17) is 0 Å². The normalized spacial score (nSPS) is 19.7. The molecule has 0 saturated carbocycles. The van der Waals surface area contributed by atoms with Crippen LogP contribution in [0.3, 0.4) is 0 Å². The van der Waals surface area contributed by atoms with Crippen LogP contribution in [0, 0.1) is 5.41 Å². The third-order valence-corrected chi connectivity index (χ3v) is 5.09. The highest BCUT2D eigenvalue weighted by Gasteiger charge is 2.48. The third-order valence-electron chi connectivity index (χ3n) is 5.09. The third kappa shape index (κ3) is 4.15. The van der Waals surface area contributed by atoms with E-state index in [9.17, 15) is 18.0 Å². The number of rotatable bonds is 3. The molecular formula is C20H25F3N4O. The van der Waals surface area contributed by atoms with E-state index in [1.807, 2.05) is 39.8 Å². The Balaban J connectivity index is 1.87. The number of carbonyl (C=O) groups is 1. The summed E-state index contributed by atoms with van der Waals surface area (Å²) in [5.74, 6) is -0.332. The van der Waals surface area contributed by atoms with E-state index in [0.29, 0.717) is 5.69 Å². The Morgan fingerprint density at radius 1 is 1.25 bits per heavy atom. The van der Waals surface area contributed by atoms with Gasteiger partial charge < -0.3 is 10.6 Å². The molecule has 2 aromatic rings. The average Bonchev–Trinajstić information content (AvgIpc) is 3.04. The van der Waals surface area contributed by atoms with Gasteiger partial charge in [-0.15, -0.1) is 0 Å². The zero-order chi connectivity index (χ0) is 20.7. The number of anilines is 2. The first-order valence-electron chi connectivity index (χ1n) is 9.32. The number of benzene rings is 1. The molecule has 1 aromatic heterocycles. The van der Waals surface area contributed by atoms with Crippen molar-refractivity contribution < 1.29 is 18.0 Å². The first-order valence-corrected chi connectivity index (χ1v) is 9.32. The van der Waals surface area contributed by atoms with Crippen LogP contribution in [0.25, 0.3) is 0 Å². The number of aryl methyl sites for hydroxylation is 1. The lowest BCUT2D eigenvalue weighted by Crippen LogP contribution is -2.44. The topological polar surface area (TPSA) is 59.0 Å². The van der Waals surface area contributed by atoms with E-state index < -0.39 is 18.1 Å². The summed E-state index contributed by atoms with van der Waals surface area (Å²) >= 11 is 0. The van der Waals surface area contributed by atoms with Crippen molar-refractivity contribution in [1.82, 2.24) is 9.78 Å². The zero-order valence-electron chi connectivity index (χ0n) is 16.4. The van der Waals surface area contributed by atoms with Crippen molar-refractivity contribution in [2.24, 2.45) is 5.41 Å². The van der Waals surface area contributed by atoms with Crippen LogP contribution < -0.4 is 10.6 Å². The number of halogens is 3. The maximum atomic E-state index is 13.6. The van der Waals surface area contributed by atoms with Gasteiger partial charge in [-0.2, -0.15) is 18.3 Å². The number of alkyl halides is 3. The van der Waals surface area contributed by atoms with Crippen molar-refractivity contribution in [2.45, 2.75) is 58.8 Å². The summed E-state index contributed by atoms with van der Waals surface area (Å²) in [5, 5.41) is 9.77. The van der Waals surface area contributed by atoms with Gasteiger partial charge in [0.1, 0.15) is 5.82 Å². The summed E-state index contributed by atoms with van der Waals surface area (Å²) in [6.07, 6.45) is -3.71. The molecule has 2 atom stereocenters. The van der Waals surface area contributed by atoms with Crippen molar-refractivity contribution >= 4 is 17.4 Å². The predicted octanol–water partition coefficient (Wildman–Crippen LogP) is 5.03. The molecule has 3 rings (SSSR count). The second-order valence-corrected chi connectivity index (χ2v) is 8.22. The van der Waals surface area contributed by atoms with E-state index in [1.54, 1.807) is 12.1 Å². The van der Waals surface area contributed by atoms with Crippen molar-refractivity contribution in [2.75, 3.05) is 10.6 Å². The molecule has 1 aliphatic heterocycles. The minimum atomic E-state index is -4.45. The number of aromatic nitrogens is 2. The quantitative estimate of drug-likeness (QED) is 0.768. The molecule has 0 unspecified atom stereocenters. The van der Waals surface area contributed by atoms with Crippen LogP contribution in [-0.2, 0) is 6.42 Å². The number of amides is 1. The first kappa shape index (κ1) is 20.2. The van der Waals surface area contributed by atoms with Gasteiger partial charge in [0.25, 0.3) is 5.91 Å². The minimum absolute atomic E-state index is 0.0501. The van der Waals surface area contributed by atoms with Crippen molar-refractivity contribution in [1.29, 1.82) is 0 Å². The molecule has 2 heterocycles. The number of carbonyl (C=O) groups excluding carboxylic acids is 1. The molecule has 0 saturated heterocycles. The highest BCUT2D eigenvalue weighted by Crippen LogP contribution is 2.43. The van der Waals surface area contributed by atoms with Gasteiger partial charge in [-0.3, -0.25) is 4.79 Å². The van der Waals surface area contributed by atoms with E-state index in [0.717, 1.165) is 16.7 Å². The van der Waals surface area contributed by atoms with Crippen LogP contribution in [0.5, 0.6) is 0 Å². The molecule has 0 spiro atoms. The predicted molar refractivity (Wildman–Crippen MR) is 103 cm³/mol. The van der Waals surface area contributed by atoms with E-state index in [1.165, 1.54) is 6.07 Å².